The van der Waals surface area contributed by atoms with Gasteiger partial charge in [0.15, 0.2) is 0 Å². The molecule has 0 aliphatic heterocycles. The van der Waals surface area contributed by atoms with E-state index < -0.39 is 5.41 Å². The van der Waals surface area contributed by atoms with Crippen LogP contribution < -0.4 is 0 Å². The Morgan fingerprint density at radius 1 is 0.365 bits per heavy atom. The normalized spacial score (nSPS) is 20.9. The minimum absolute atomic E-state index is 0.0731. The molecule has 4 atom stereocenters. The lowest BCUT2D eigenvalue weighted by atomic mass is 9.46. The predicted octanol–water partition coefficient (Wildman–Crippen LogP) is 18.8. The SMILES string of the molecule is CC1=C(Cc2cc(C(C)(C)C)c(O)c(C(C)(C)C)c2)C(C)C(C)(Cc2cc(C(C)(C)C)c(O)c(C(C)(C)C)c2)C(Cc2cc(C(C)(C)C)c(O)c(C(C)(C)C)c2)C1(C)Cc1cc(C(C)(C)C)c(O)c(C(C)(C)C)c1. The monoisotopic (exact) mass is 1010 g/mol. The van der Waals surface area contributed by atoms with Crippen LogP contribution in [-0.2, 0) is 69.0 Å². The number of phenols is 4. The third-order valence-corrected chi connectivity index (χ3v) is 17.5. The van der Waals surface area contributed by atoms with Crippen LogP contribution in [0.4, 0.5) is 0 Å². The Kier molecular flexibility index (Phi) is 15.9. The van der Waals surface area contributed by atoms with Gasteiger partial charge in [-0.25, -0.2) is 0 Å². The molecular formula is C70H106O4. The first-order valence-electron chi connectivity index (χ1n) is 28.1. The van der Waals surface area contributed by atoms with E-state index >= 15 is 0 Å². The summed E-state index contributed by atoms with van der Waals surface area (Å²) in [5.74, 6) is 1.77. The highest BCUT2D eigenvalue weighted by Crippen LogP contribution is 2.62. The molecule has 74 heavy (non-hydrogen) atoms. The molecule has 1 aliphatic rings. The Morgan fingerprint density at radius 2 is 0.595 bits per heavy atom. The highest BCUT2D eigenvalue weighted by atomic mass is 16.3. The number of rotatable bonds is 8. The van der Waals surface area contributed by atoms with Gasteiger partial charge in [-0.3, -0.25) is 0 Å². The second-order valence-electron chi connectivity index (χ2n) is 32.2. The quantitative estimate of drug-likeness (QED) is 0.133. The van der Waals surface area contributed by atoms with E-state index in [0.29, 0.717) is 23.0 Å². The summed E-state index contributed by atoms with van der Waals surface area (Å²) in [5.41, 5.74) is 12.4. The number of aromatic hydroxyl groups is 4. The van der Waals surface area contributed by atoms with E-state index in [-0.39, 0.29) is 60.6 Å². The maximum Gasteiger partial charge on any atom is 0.123 e. The largest absolute Gasteiger partial charge is 0.507 e. The van der Waals surface area contributed by atoms with Crippen LogP contribution in [0, 0.1) is 22.7 Å². The van der Waals surface area contributed by atoms with Gasteiger partial charge in [-0.15, -0.1) is 0 Å². The molecule has 0 spiro atoms. The second kappa shape index (κ2) is 19.4. The molecule has 410 valence electrons. The lowest BCUT2D eigenvalue weighted by molar-refractivity contribution is 0.0130. The number of phenolic OH excluding ortho intramolecular Hbond substituents is 4. The molecule has 0 aromatic heterocycles. The van der Waals surface area contributed by atoms with Crippen molar-refractivity contribution in [3.63, 3.8) is 0 Å². The van der Waals surface area contributed by atoms with E-state index in [1.807, 2.05) is 0 Å². The average Bonchev–Trinajstić information content (AvgIpc) is 3.19. The zero-order valence-electron chi connectivity index (χ0n) is 52.4. The molecule has 5 rings (SSSR count). The average molecular weight is 1010 g/mol. The lowest BCUT2D eigenvalue weighted by Gasteiger charge is -2.58. The van der Waals surface area contributed by atoms with Crippen molar-refractivity contribution in [3.8, 4) is 23.0 Å². The number of allylic oxidation sites excluding steroid dienone is 2. The van der Waals surface area contributed by atoms with E-state index in [2.05, 4.69) is 242 Å². The lowest BCUT2D eigenvalue weighted by Crippen LogP contribution is -2.52. The van der Waals surface area contributed by atoms with Crippen molar-refractivity contribution >= 4 is 0 Å². The fraction of sp³-hybridized carbons (Fsp3) is 0.629. The Hall–Kier alpha value is -4.18. The predicted molar refractivity (Wildman–Crippen MR) is 318 cm³/mol. The summed E-state index contributed by atoms with van der Waals surface area (Å²) in [6.45, 7) is 63.0. The van der Waals surface area contributed by atoms with Gasteiger partial charge in [0.1, 0.15) is 23.0 Å². The maximum atomic E-state index is 12.1. The summed E-state index contributed by atoms with van der Waals surface area (Å²) in [6.07, 6.45) is 3.05. The van der Waals surface area contributed by atoms with Crippen molar-refractivity contribution in [1.29, 1.82) is 0 Å². The van der Waals surface area contributed by atoms with E-state index in [9.17, 15) is 20.4 Å². The molecule has 1 aliphatic carbocycles. The van der Waals surface area contributed by atoms with Gasteiger partial charge >= 0.3 is 0 Å². The molecule has 0 heterocycles. The van der Waals surface area contributed by atoms with Gasteiger partial charge in [0, 0.05) is 0 Å². The standard InChI is InChI=1S/C70H106O4/c1-41-47(29-43-30-48(61(3,4)5)57(71)49(31-43)62(6,7)8)42(2)70(28,40-46-36-54(67(21,22)23)60(74)55(37-46)68(24,25)26)56(38-44-32-50(63(9,10)11)58(72)51(33-44)64(12,13)14)69(41,27)39-45-34-52(65(15,16)17)59(73)53(35-45)66(18,19)20/h30-37,41,56,71-74H,29,38-40H2,1-28H3. The Balaban J connectivity index is 2.02. The third kappa shape index (κ3) is 12.2. The van der Waals surface area contributed by atoms with Gasteiger partial charge < -0.3 is 20.4 Å². The van der Waals surface area contributed by atoms with Crippen LogP contribution >= 0.6 is 0 Å². The molecule has 0 saturated heterocycles. The Bertz CT molecular complexity index is 2630. The zero-order chi connectivity index (χ0) is 57.0. The van der Waals surface area contributed by atoms with Gasteiger partial charge in [0.05, 0.1) is 0 Å². The van der Waals surface area contributed by atoms with Crippen LogP contribution in [0.5, 0.6) is 23.0 Å². The highest BCUT2D eigenvalue weighted by molar-refractivity contribution is 5.55. The van der Waals surface area contributed by atoms with Gasteiger partial charge in [0.2, 0.25) is 0 Å². The molecule has 0 amide bonds. The van der Waals surface area contributed by atoms with Crippen molar-refractivity contribution < 1.29 is 20.4 Å². The maximum absolute atomic E-state index is 12.1. The fourth-order valence-corrected chi connectivity index (χ4v) is 12.8. The molecule has 4 N–H and O–H groups in total. The summed E-state index contributed by atoms with van der Waals surface area (Å²) in [4.78, 5) is 0. The van der Waals surface area contributed by atoms with E-state index in [0.717, 1.165) is 70.2 Å². The van der Waals surface area contributed by atoms with Crippen LogP contribution in [0.3, 0.4) is 0 Å². The van der Waals surface area contributed by atoms with Crippen molar-refractivity contribution in [2.75, 3.05) is 0 Å². The molecule has 0 bridgehead atoms. The third-order valence-electron chi connectivity index (χ3n) is 17.5. The zero-order valence-corrected chi connectivity index (χ0v) is 52.4. The number of hydrogen-bond acceptors (Lipinski definition) is 4. The van der Waals surface area contributed by atoms with Crippen molar-refractivity contribution in [2.45, 2.75) is 263 Å². The van der Waals surface area contributed by atoms with E-state index in [1.54, 1.807) is 0 Å². The van der Waals surface area contributed by atoms with Gasteiger partial charge in [0.25, 0.3) is 0 Å². The van der Waals surface area contributed by atoms with E-state index in [4.69, 9.17) is 0 Å². The van der Waals surface area contributed by atoms with E-state index in [1.165, 1.54) is 33.4 Å². The molecular weight excluding hydrogens is 905 g/mol. The van der Waals surface area contributed by atoms with Gasteiger partial charge in [-0.05, 0) is 165 Å². The molecule has 0 fully saturated rings. The first kappa shape index (κ1) is 60.7. The summed E-state index contributed by atoms with van der Waals surface area (Å²) in [5, 5.41) is 48.4. The van der Waals surface area contributed by atoms with Crippen molar-refractivity contribution in [1.82, 2.24) is 0 Å². The summed E-state index contributed by atoms with van der Waals surface area (Å²) in [6, 6.07) is 18.4. The van der Waals surface area contributed by atoms with Crippen LogP contribution in [0.2, 0.25) is 0 Å². The summed E-state index contributed by atoms with van der Waals surface area (Å²) in [7, 11) is 0. The Labute approximate surface area is 453 Å². The number of benzene rings is 4. The molecule has 4 aromatic carbocycles. The molecule has 4 heteroatoms. The first-order chi connectivity index (χ1) is 33.0. The molecule has 0 saturated carbocycles. The minimum atomic E-state index is -0.424. The molecule has 4 unspecified atom stereocenters. The molecule has 0 radical (unpaired) electrons. The van der Waals surface area contributed by atoms with Crippen LogP contribution in [0.25, 0.3) is 0 Å². The topological polar surface area (TPSA) is 80.9 Å². The molecule has 4 nitrogen and oxygen atoms in total. The molecule has 4 aromatic rings. The van der Waals surface area contributed by atoms with Crippen molar-refractivity contribution in [2.24, 2.45) is 22.7 Å². The van der Waals surface area contributed by atoms with Crippen LogP contribution in [0.15, 0.2) is 59.7 Å². The Morgan fingerprint density at radius 3 is 0.851 bits per heavy atom. The second-order valence-corrected chi connectivity index (χ2v) is 32.2. The summed E-state index contributed by atoms with van der Waals surface area (Å²) >= 11 is 0. The van der Waals surface area contributed by atoms with Gasteiger partial charge in [-0.2, -0.15) is 0 Å². The van der Waals surface area contributed by atoms with Crippen molar-refractivity contribution in [3.05, 3.63) is 126 Å². The minimum Gasteiger partial charge on any atom is -0.507 e. The highest BCUT2D eigenvalue weighted by Gasteiger charge is 2.55. The summed E-state index contributed by atoms with van der Waals surface area (Å²) < 4.78 is 0. The number of hydrogen-bond donors (Lipinski definition) is 4. The van der Waals surface area contributed by atoms with Gasteiger partial charge in [-0.1, -0.05) is 247 Å². The van der Waals surface area contributed by atoms with Crippen LogP contribution in [-0.4, -0.2) is 20.4 Å². The fourth-order valence-electron chi connectivity index (χ4n) is 12.8. The first-order valence-corrected chi connectivity index (χ1v) is 28.1. The smallest absolute Gasteiger partial charge is 0.123 e. The van der Waals surface area contributed by atoms with Crippen LogP contribution in [0.1, 0.15) is 261 Å².